The van der Waals surface area contributed by atoms with E-state index in [0.717, 1.165) is 5.56 Å². The van der Waals surface area contributed by atoms with Gasteiger partial charge in [0.1, 0.15) is 10.6 Å². The zero-order valence-electron chi connectivity index (χ0n) is 10.7. The average molecular weight is 279 g/mol. The third kappa shape index (κ3) is 2.87. The maximum Gasteiger partial charge on any atom is 0.319 e. The number of pyridine rings is 1. The van der Waals surface area contributed by atoms with Gasteiger partial charge in [-0.25, -0.2) is 4.39 Å². The summed E-state index contributed by atoms with van der Waals surface area (Å²) < 4.78 is 12.7. The molecule has 0 aliphatic rings. The number of benzene rings is 1. The molecule has 0 atom stereocenters. The summed E-state index contributed by atoms with van der Waals surface area (Å²) in [5.41, 5.74) is 1.44. The maximum absolute atomic E-state index is 13.6. The highest BCUT2D eigenvalue weighted by molar-refractivity contribution is 8.00. The van der Waals surface area contributed by atoms with E-state index in [4.69, 9.17) is 5.11 Å². The lowest BCUT2D eigenvalue weighted by atomic mass is 10.1. The summed E-state index contributed by atoms with van der Waals surface area (Å²) in [6, 6.07) is 6.42. The quantitative estimate of drug-likeness (QED) is 0.931. The molecule has 0 aliphatic carbocycles. The number of aromatic nitrogens is 1. The van der Waals surface area contributed by atoms with E-state index < -0.39 is 10.7 Å². The van der Waals surface area contributed by atoms with Crippen LogP contribution in [0.3, 0.4) is 0 Å². The smallest absolute Gasteiger partial charge is 0.319 e. The Labute approximate surface area is 114 Å². The number of thioether (sulfide) groups is 1. The fourth-order valence-corrected chi connectivity index (χ4v) is 2.51. The lowest BCUT2D eigenvalue weighted by Gasteiger charge is -2.18. The Morgan fingerprint density at radius 1 is 1.42 bits per heavy atom. The fraction of sp³-hybridized carbons (Fsp3) is 0.286. The van der Waals surface area contributed by atoms with Crippen molar-refractivity contribution in [2.45, 2.75) is 24.3 Å². The van der Waals surface area contributed by atoms with Gasteiger partial charge in [-0.2, -0.15) is 0 Å². The molecular weight excluding hydrogens is 265 g/mol. The lowest BCUT2D eigenvalue weighted by molar-refractivity contribution is -0.138. The van der Waals surface area contributed by atoms with Crippen LogP contribution < -0.4 is 0 Å². The third-order valence-corrected chi connectivity index (χ3v) is 4.26. The molecule has 0 aliphatic heterocycles. The molecule has 0 amide bonds. The second-order valence-electron chi connectivity index (χ2n) is 4.71. The Morgan fingerprint density at radius 2 is 2.16 bits per heavy atom. The molecule has 1 aromatic carbocycles. The van der Waals surface area contributed by atoms with Crippen LogP contribution in [0.2, 0.25) is 0 Å². The van der Waals surface area contributed by atoms with Crippen molar-refractivity contribution in [3.63, 3.8) is 0 Å². The highest BCUT2D eigenvalue weighted by atomic mass is 32.2. The molecule has 1 N–H and O–H groups in total. The molecule has 2 aromatic rings. The van der Waals surface area contributed by atoms with Gasteiger partial charge >= 0.3 is 5.97 Å². The first-order valence-corrected chi connectivity index (χ1v) is 6.80. The summed E-state index contributed by atoms with van der Waals surface area (Å²) in [6.45, 7) is 3.30. The van der Waals surface area contributed by atoms with Crippen LogP contribution in [0.25, 0.3) is 10.9 Å². The van der Waals surface area contributed by atoms with Gasteiger partial charge in [0, 0.05) is 17.3 Å². The van der Waals surface area contributed by atoms with E-state index in [0.29, 0.717) is 16.7 Å². The number of rotatable bonds is 4. The van der Waals surface area contributed by atoms with Crippen molar-refractivity contribution in [1.82, 2.24) is 4.98 Å². The molecule has 0 saturated carbocycles. The summed E-state index contributed by atoms with van der Waals surface area (Å²) in [4.78, 5) is 15.3. The van der Waals surface area contributed by atoms with Gasteiger partial charge in [0.15, 0.2) is 0 Å². The third-order valence-electron chi connectivity index (χ3n) is 2.90. The van der Waals surface area contributed by atoms with E-state index in [2.05, 4.69) is 4.98 Å². The molecule has 19 heavy (non-hydrogen) atoms. The normalized spacial score (nSPS) is 11.7. The highest BCUT2D eigenvalue weighted by Crippen LogP contribution is 2.31. The molecule has 0 bridgehead atoms. The molecule has 100 valence electrons. The van der Waals surface area contributed by atoms with E-state index in [1.165, 1.54) is 17.8 Å². The van der Waals surface area contributed by atoms with Gasteiger partial charge in [-0.1, -0.05) is 6.07 Å². The number of carboxylic acids is 1. The summed E-state index contributed by atoms with van der Waals surface area (Å²) in [7, 11) is 0. The van der Waals surface area contributed by atoms with Gasteiger partial charge in [-0.3, -0.25) is 9.78 Å². The van der Waals surface area contributed by atoms with Crippen LogP contribution >= 0.6 is 11.8 Å². The van der Waals surface area contributed by atoms with Crippen LogP contribution in [0.4, 0.5) is 4.39 Å². The van der Waals surface area contributed by atoms with Gasteiger partial charge in [0.25, 0.3) is 0 Å². The van der Waals surface area contributed by atoms with Crippen molar-refractivity contribution in [3.05, 3.63) is 41.8 Å². The number of hydrogen-bond acceptors (Lipinski definition) is 3. The average Bonchev–Trinajstić information content (AvgIpc) is 2.38. The van der Waals surface area contributed by atoms with Crippen molar-refractivity contribution in [1.29, 1.82) is 0 Å². The summed E-state index contributed by atoms with van der Waals surface area (Å²) in [6.07, 6.45) is 1.61. The van der Waals surface area contributed by atoms with Crippen LogP contribution in [0.15, 0.2) is 30.5 Å². The van der Waals surface area contributed by atoms with Crippen LogP contribution in [0.1, 0.15) is 19.4 Å². The van der Waals surface area contributed by atoms with E-state index in [1.807, 2.05) is 0 Å². The van der Waals surface area contributed by atoms with Crippen LogP contribution in [0.5, 0.6) is 0 Å². The number of halogens is 1. The molecule has 0 spiro atoms. The van der Waals surface area contributed by atoms with Gasteiger partial charge in [-0.05, 0) is 37.6 Å². The van der Waals surface area contributed by atoms with Crippen molar-refractivity contribution >= 4 is 28.6 Å². The highest BCUT2D eigenvalue weighted by Gasteiger charge is 2.27. The molecule has 0 saturated heterocycles. The number of carboxylic acid groups (broad SMARTS) is 1. The lowest BCUT2D eigenvalue weighted by Crippen LogP contribution is -2.27. The molecule has 5 heteroatoms. The summed E-state index contributed by atoms with van der Waals surface area (Å²) in [5, 5.41) is 9.55. The molecule has 0 unspecified atom stereocenters. The van der Waals surface area contributed by atoms with Gasteiger partial charge in [-0.15, -0.1) is 11.8 Å². The Bertz CT molecular complexity index is 628. The second kappa shape index (κ2) is 5.17. The topological polar surface area (TPSA) is 50.2 Å². The second-order valence-corrected chi connectivity index (χ2v) is 6.31. The van der Waals surface area contributed by atoms with E-state index in [1.54, 1.807) is 38.2 Å². The van der Waals surface area contributed by atoms with Crippen molar-refractivity contribution in [2.75, 3.05) is 0 Å². The van der Waals surface area contributed by atoms with Crippen molar-refractivity contribution < 1.29 is 14.3 Å². The number of nitrogens with zero attached hydrogens (tertiary/aromatic N) is 1. The minimum absolute atomic E-state index is 0.311. The van der Waals surface area contributed by atoms with Gasteiger partial charge in [0.05, 0.1) is 5.52 Å². The van der Waals surface area contributed by atoms with E-state index >= 15 is 0 Å². The summed E-state index contributed by atoms with van der Waals surface area (Å²) >= 11 is 1.30. The fourth-order valence-electron chi connectivity index (χ4n) is 1.63. The molecule has 1 heterocycles. The first-order valence-electron chi connectivity index (χ1n) is 5.81. The Balaban J connectivity index is 2.32. The predicted molar refractivity (Wildman–Crippen MR) is 74.7 cm³/mol. The zero-order chi connectivity index (χ0) is 14.0. The molecule has 1 aromatic heterocycles. The number of fused-ring (bicyclic) bond motifs is 1. The van der Waals surface area contributed by atoms with E-state index in [-0.39, 0.29) is 5.82 Å². The Hall–Kier alpha value is -1.62. The van der Waals surface area contributed by atoms with E-state index in [9.17, 15) is 9.18 Å². The SMILES string of the molecule is CC(C)(SCc1ccc(F)c2cccnc12)C(=O)O. The molecule has 2 rings (SSSR count). The standard InChI is InChI=1S/C14H14FNO2S/c1-14(2,13(17)18)19-8-9-5-6-11(15)10-4-3-7-16-12(9)10/h3-7H,8H2,1-2H3,(H,17,18). The molecule has 0 fully saturated rings. The molecule has 0 radical (unpaired) electrons. The maximum atomic E-state index is 13.6. The largest absolute Gasteiger partial charge is 0.480 e. The van der Waals surface area contributed by atoms with Gasteiger partial charge < -0.3 is 5.11 Å². The first-order chi connectivity index (χ1) is 8.92. The van der Waals surface area contributed by atoms with Crippen LogP contribution in [-0.2, 0) is 10.5 Å². The molecule has 3 nitrogen and oxygen atoms in total. The molecular formula is C14H14FNO2S. The summed E-state index contributed by atoms with van der Waals surface area (Å²) in [5.74, 6) is -0.696. The van der Waals surface area contributed by atoms with Crippen LogP contribution in [-0.4, -0.2) is 20.8 Å². The number of carbonyl (C=O) groups is 1. The first kappa shape index (κ1) is 13.8. The zero-order valence-corrected chi connectivity index (χ0v) is 11.5. The van der Waals surface area contributed by atoms with Gasteiger partial charge in [0.2, 0.25) is 0 Å². The van der Waals surface area contributed by atoms with Crippen molar-refractivity contribution in [3.8, 4) is 0 Å². The minimum Gasteiger partial charge on any atom is -0.480 e. The number of aliphatic carboxylic acids is 1. The van der Waals surface area contributed by atoms with Crippen LogP contribution in [0, 0.1) is 5.82 Å². The predicted octanol–water partition coefficient (Wildman–Crippen LogP) is 3.47. The minimum atomic E-state index is -0.879. The Morgan fingerprint density at radius 3 is 2.84 bits per heavy atom. The number of hydrogen-bond donors (Lipinski definition) is 1. The van der Waals surface area contributed by atoms with Crippen molar-refractivity contribution in [2.24, 2.45) is 0 Å². The monoisotopic (exact) mass is 279 g/mol. The Kier molecular flexibility index (Phi) is 3.75.